The number of hydrogen-bond acceptors (Lipinski definition) is 1. The predicted molar refractivity (Wildman–Crippen MR) is 64.9 cm³/mol. The molecule has 0 N–H and O–H groups in total. The Balaban J connectivity index is 2.23. The van der Waals surface area contributed by atoms with Crippen LogP contribution in [0.4, 0.5) is 8.78 Å². The van der Waals surface area contributed by atoms with E-state index in [0.29, 0.717) is 11.1 Å². The van der Waals surface area contributed by atoms with Crippen LogP contribution in [0, 0.1) is 23.0 Å². The maximum Gasteiger partial charge on any atom is 0.126 e. The highest BCUT2D eigenvalue weighted by Crippen LogP contribution is 2.22. The van der Waals surface area contributed by atoms with Gasteiger partial charge in [-0.05, 0) is 35.7 Å². The number of nitrogens with zero attached hydrogens (tertiary/aromatic N) is 1. The van der Waals surface area contributed by atoms with Crippen molar-refractivity contribution in [2.45, 2.75) is 12.3 Å². The van der Waals surface area contributed by atoms with Crippen LogP contribution in [0.15, 0.2) is 48.5 Å². The van der Waals surface area contributed by atoms with Crippen LogP contribution >= 0.6 is 0 Å². The van der Waals surface area contributed by atoms with Crippen molar-refractivity contribution >= 4 is 0 Å². The molecule has 0 bridgehead atoms. The smallest absolute Gasteiger partial charge is 0.126 e. The summed E-state index contributed by atoms with van der Waals surface area (Å²) < 4.78 is 26.3. The van der Waals surface area contributed by atoms with Crippen LogP contribution in [0.1, 0.15) is 17.0 Å². The van der Waals surface area contributed by atoms with E-state index in [1.807, 2.05) is 0 Å². The van der Waals surface area contributed by atoms with Gasteiger partial charge in [0.15, 0.2) is 0 Å². The van der Waals surface area contributed by atoms with Gasteiger partial charge in [-0.1, -0.05) is 30.3 Å². The van der Waals surface area contributed by atoms with Gasteiger partial charge >= 0.3 is 0 Å². The van der Waals surface area contributed by atoms with Crippen molar-refractivity contribution in [3.8, 4) is 6.07 Å². The molecule has 2 rings (SSSR count). The molecule has 0 aliphatic rings. The van der Waals surface area contributed by atoms with Gasteiger partial charge in [0.25, 0.3) is 0 Å². The number of rotatable bonds is 3. The second-order valence-corrected chi connectivity index (χ2v) is 4.03. The molecule has 1 atom stereocenters. The van der Waals surface area contributed by atoms with E-state index in [1.54, 1.807) is 30.3 Å². The maximum atomic E-state index is 13.5. The van der Waals surface area contributed by atoms with Crippen molar-refractivity contribution in [2.75, 3.05) is 0 Å². The first-order valence-electron chi connectivity index (χ1n) is 5.59. The summed E-state index contributed by atoms with van der Waals surface area (Å²) >= 11 is 0. The lowest BCUT2D eigenvalue weighted by molar-refractivity contribution is 0.603. The summed E-state index contributed by atoms with van der Waals surface area (Å²) in [6.07, 6.45) is 0.287. The van der Waals surface area contributed by atoms with Crippen LogP contribution in [0.5, 0.6) is 0 Å². The Morgan fingerprint density at radius 1 is 1.00 bits per heavy atom. The SMILES string of the molecule is N#CC(Cc1ccccc1F)c1ccc(F)cc1. The first-order chi connectivity index (χ1) is 8.70. The van der Waals surface area contributed by atoms with Crippen molar-refractivity contribution in [3.63, 3.8) is 0 Å². The fourth-order valence-electron chi connectivity index (χ4n) is 1.82. The van der Waals surface area contributed by atoms with Crippen LogP contribution in [-0.2, 0) is 6.42 Å². The quantitative estimate of drug-likeness (QED) is 0.804. The topological polar surface area (TPSA) is 23.8 Å². The average Bonchev–Trinajstić information content (AvgIpc) is 2.39. The lowest BCUT2D eigenvalue weighted by Gasteiger charge is -2.10. The van der Waals surface area contributed by atoms with Crippen LogP contribution < -0.4 is 0 Å². The van der Waals surface area contributed by atoms with E-state index in [9.17, 15) is 8.78 Å². The van der Waals surface area contributed by atoms with Crippen molar-refractivity contribution < 1.29 is 8.78 Å². The van der Waals surface area contributed by atoms with E-state index in [0.717, 1.165) is 0 Å². The average molecular weight is 243 g/mol. The van der Waals surface area contributed by atoms with E-state index in [2.05, 4.69) is 6.07 Å². The zero-order chi connectivity index (χ0) is 13.0. The summed E-state index contributed by atoms with van der Waals surface area (Å²) in [6, 6.07) is 14.2. The molecule has 0 aromatic heterocycles. The molecule has 0 saturated heterocycles. The van der Waals surface area contributed by atoms with Crippen LogP contribution in [0.25, 0.3) is 0 Å². The fraction of sp³-hybridized carbons (Fsp3) is 0.133. The van der Waals surface area contributed by atoms with Crippen LogP contribution in [-0.4, -0.2) is 0 Å². The van der Waals surface area contributed by atoms with Crippen molar-refractivity contribution in [1.82, 2.24) is 0 Å². The van der Waals surface area contributed by atoms with E-state index >= 15 is 0 Å². The molecule has 2 aromatic rings. The minimum atomic E-state index is -0.470. The normalized spacial score (nSPS) is 11.8. The van der Waals surface area contributed by atoms with Gasteiger partial charge in [-0.15, -0.1) is 0 Å². The van der Waals surface area contributed by atoms with Gasteiger partial charge in [0.2, 0.25) is 0 Å². The standard InChI is InChI=1S/C15H11F2N/c16-14-7-5-11(6-8-14)13(10-18)9-12-3-1-2-4-15(12)17/h1-8,13H,9H2. The van der Waals surface area contributed by atoms with Crippen molar-refractivity contribution in [2.24, 2.45) is 0 Å². The third kappa shape index (κ3) is 2.72. The Kier molecular flexibility index (Phi) is 3.69. The minimum Gasteiger partial charge on any atom is -0.207 e. The van der Waals surface area contributed by atoms with E-state index < -0.39 is 5.92 Å². The molecule has 0 radical (unpaired) electrons. The third-order valence-corrected chi connectivity index (χ3v) is 2.81. The summed E-state index contributed by atoms with van der Waals surface area (Å²) in [5.74, 6) is -1.14. The van der Waals surface area contributed by atoms with Crippen molar-refractivity contribution in [3.05, 3.63) is 71.3 Å². The molecule has 3 heteroatoms. The second-order valence-electron chi connectivity index (χ2n) is 4.03. The number of halogens is 2. The zero-order valence-electron chi connectivity index (χ0n) is 9.61. The van der Waals surface area contributed by atoms with E-state index in [4.69, 9.17) is 5.26 Å². The van der Waals surface area contributed by atoms with Gasteiger partial charge in [0.1, 0.15) is 11.6 Å². The Morgan fingerprint density at radius 2 is 1.67 bits per heavy atom. The predicted octanol–water partition coefficient (Wildman–Crippen LogP) is 3.81. The fourth-order valence-corrected chi connectivity index (χ4v) is 1.82. The molecule has 0 aliphatic carbocycles. The molecule has 18 heavy (non-hydrogen) atoms. The van der Waals surface area contributed by atoms with Gasteiger partial charge in [-0.3, -0.25) is 0 Å². The minimum absolute atomic E-state index is 0.287. The molecule has 1 nitrogen and oxygen atoms in total. The summed E-state index contributed by atoms with van der Waals surface area (Å²) in [5.41, 5.74) is 1.19. The van der Waals surface area contributed by atoms with Gasteiger partial charge in [0.05, 0.1) is 12.0 Å². The Labute approximate surface area is 104 Å². The summed E-state index contributed by atoms with van der Waals surface area (Å²) in [5, 5.41) is 9.13. The summed E-state index contributed by atoms with van der Waals surface area (Å²) in [4.78, 5) is 0. The monoisotopic (exact) mass is 243 g/mol. The molecule has 1 unspecified atom stereocenters. The second kappa shape index (κ2) is 5.42. The molecule has 0 amide bonds. The van der Waals surface area contributed by atoms with E-state index in [-0.39, 0.29) is 18.1 Å². The molecular weight excluding hydrogens is 232 g/mol. The molecule has 0 fully saturated rings. The molecule has 90 valence electrons. The van der Waals surface area contributed by atoms with Gasteiger partial charge < -0.3 is 0 Å². The van der Waals surface area contributed by atoms with E-state index in [1.165, 1.54) is 18.2 Å². The molecular formula is C15H11F2N. The first-order valence-corrected chi connectivity index (χ1v) is 5.59. The number of hydrogen-bond donors (Lipinski definition) is 0. The number of benzene rings is 2. The molecule has 0 aliphatic heterocycles. The Morgan fingerprint density at radius 3 is 2.28 bits per heavy atom. The summed E-state index contributed by atoms with van der Waals surface area (Å²) in [7, 11) is 0. The molecule has 0 saturated carbocycles. The largest absolute Gasteiger partial charge is 0.207 e. The number of nitriles is 1. The van der Waals surface area contributed by atoms with Gasteiger partial charge in [0, 0.05) is 0 Å². The molecule has 2 aromatic carbocycles. The third-order valence-electron chi connectivity index (χ3n) is 2.81. The first kappa shape index (κ1) is 12.3. The lowest BCUT2D eigenvalue weighted by Crippen LogP contribution is -2.02. The lowest BCUT2D eigenvalue weighted by atomic mass is 9.93. The van der Waals surface area contributed by atoms with Crippen molar-refractivity contribution in [1.29, 1.82) is 5.26 Å². The maximum absolute atomic E-state index is 13.5. The highest BCUT2D eigenvalue weighted by molar-refractivity contribution is 5.29. The zero-order valence-corrected chi connectivity index (χ0v) is 9.61. The molecule has 0 spiro atoms. The van der Waals surface area contributed by atoms with Crippen LogP contribution in [0.2, 0.25) is 0 Å². The van der Waals surface area contributed by atoms with Gasteiger partial charge in [-0.25, -0.2) is 8.78 Å². The summed E-state index contributed by atoms with van der Waals surface area (Å²) in [6.45, 7) is 0. The Hall–Kier alpha value is -2.21. The highest BCUT2D eigenvalue weighted by Gasteiger charge is 2.13. The van der Waals surface area contributed by atoms with Gasteiger partial charge in [-0.2, -0.15) is 5.26 Å². The van der Waals surface area contributed by atoms with Crippen LogP contribution in [0.3, 0.4) is 0 Å². The Bertz CT molecular complexity index is 570. The highest BCUT2D eigenvalue weighted by atomic mass is 19.1. The molecule has 0 heterocycles.